The molecule has 0 saturated carbocycles. The molecule has 6 rings (SSSR count). The summed E-state index contributed by atoms with van der Waals surface area (Å²) in [7, 11) is -2.49. The highest BCUT2D eigenvalue weighted by Gasteiger charge is 2.50. The van der Waals surface area contributed by atoms with E-state index in [1.54, 1.807) is 0 Å². The lowest BCUT2D eigenvalue weighted by molar-refractivity contribution is -0.145. The van der Waals surface area contributed by atoms with Crippen molar-refractivity contribution in [3.05, 3.63) is 85.0 Å². The van der Waals surface area contributed by atoms with E-state index in [1.807, 2.05) is 13.8 Å². The summed E-state index contributed by atoms with van der Waals surface area (Å²) in [6, 6.07) is 21.6. The fraction of sp³-hybridized carbons (Fsp3) is 0.609. The third kappa shape index (κ3) is 11.3. The molecule has 2 aromatic rings. The highest BCUT2D eigenvalue weighted by atomic mass is 28.4. The number of carbonyl (C=O) groups is 2. The van der Waals surface area contributed by atoms with Crippen LogP contribution >= 0.6 is 0 Å². The topological polar surface area (TPSA) is 101 Å². The van der Waals surface area contributed by atoms with Gasteiger partial charge in [-0.2, -0.15) is 0 Å². The second-order valence-corrected chi connectivity index (χ2v) is 21.6. The molecule has 0 aromatic heterocycles. The molecular formula is C46H66O8Si. The van der Waals surface area contributed by atoms with Crippen LogP contribution in [0.4, 0.5) is 0 Å². The minimum atomic E-state index is -2.49. The number of hydrogen-bond donors (Lipinski definition) is 1. The zero-order valence-corrected chi connectivity index (χ0v) is 35.0. The van der Waals surface area contributed by atoms with Crippen LogP contribution in [0.25, 0.3) is 0 Å². The van der Waals surface area contributed by atoms with Crippen LogP contribution in [0.3, 0.4) is 0 Å². The number of carbonyl (C=O) groups excluding carboxylic acids is 2. The fourth-order valence-corrected chi connectivity index (χ4v) is 13.4. The molecule has 8 atom stereocenters. The van der Waals surface area contributed by atoms with E-state index in [4.69, 9.17) is 28.5 Å². The van der Waals surface area contributed by atoms with Crippen LogP contribution in [0.2, 0.25) is 5.04 Å². The quantitative estimate of drug-likeness (QED) is 0.0794. The number of aliphatic hydroxyl groups is 1. The number of ether oxygens (including phenoxy) is 4. The maximum Gasteiger partial charge on any atom is 0.309 e. The Morgan fingerprint density at radius 3 is 1.49 bits per heavy atom. The van der Waals surface area contributed by atoms with E-state index < -0.39 is 8.32 Å². The van der Waals surface area contributed by atoms with E-state index in [9.17, 15) is 9.59 Å². The molecule has 0 spiro atoms. The van der Waals surface area contributed by atoms with Gasteiger partial charge >= 0.3 is 11.9 Å². The first-order valence-electron chi connectivity index (χ1n) is 20.7. The SMILES string of the molecule is C=C1C[C@H](CCCO)O[C@H]1CCC1C[C@@H](C)C(=O)O1.C=C1C[C@H](CCCO[Si](c2ccccc2)(c2ccccc2)C(C)(C)C)O[C@H]1CCC1C[C@@H](C)C(=O)O1. The molecule has 8 nitrogen and oxygen atoms in total. The van der Waals surface area contributed by atoms with Crippen LogP contribution in [0.1, 0.15) is 112 Å². The van der Waals surface area contributed by atoms with Crippen LogP contribution < -0.4 is 10.4 Å². The Kier molecular flexibility index (Phi) is 15.5. The molecule has 0 amide bonds. The molecule has 4 aliphatic heterocycles. The van der Waals surface area contributed by atoms with Crippen LogP contribution in [0.15, 0.2) is 85.0 Å². The average molecular weight is 775 g/mol. The lowest BCUT2D eigenvalue weighted by Gasteiger charge is -2.43. The standard InChI is InChI=1S/C31H42O4Si.C15H24O4/c1-23-21-25(34-29(23)19-18-26-22-24(2)30(32)35-26)13-12-20-33-36(31(3,4)5,27-14-8-6-9-15-27)28-16-10-7-11-17-28;1-10-8-12(4-3-7-16)18-14(10)6-5-13-9-11(2)15(17)19-13/h6-11,14-17,24-26,29H,1,12-13,18-22H2,2-5H3;11-14,16H,1,3-9H2,2H3/t24-,25+,26?,29+;11-,12+,13?,14+/m11/s1. The predicted octanol–water partition coefficient (Wildman–Crippen LogP) is 7.99. The van der Waals surface area contributed by atoms with Crippen molar-refractivity contribution >= 4 is 30.6 Å². The Labute approximate surface area is 331 Å². The molecule has 2 unspecified atom stereocenters. The first-order valence-corrected chi connectivity index (χ1v) is 22.6. The Morgan fingerprint density at radius 1 is 0.673 bits per heavy atom. The summed E-state index contributed by atoms with van der Waals surface area (Å²) in [5.74, 6) is -0.0806. The van der Waals surface area contributed by atoms with Gasteiger partial charge < -0.3 is 28.5 Å². The third-order valence-electron chi connectivity index (χ3n) is 11.8. The molecule has 9 heteroatoms. The molecule has 302 valence electrons. The fourth-order valence-electron chi connectivity index (χ4n) is 8.77. The largest absolute Gasteiger partial charge is 0.462 e. The predicted molar refractivity (Wildman–Crippen MR) is 220 cm³/mol. The number of cyclic esters (lactones) is 2. The molecular weight excluding hydrogens is 709 g/mol. The van der Waals surface area contributed by atoms with Gasteiger partial charge in [0, 0.05) is 13.2 Å². The number of hydrogen-bond acceptors (Lipinski definition) is 8. The average Bonchev–Trinajstić information content (AvgIpc) is 3.90. The summed E-state index contributed by atoms with van der Waals surface area (Å²) in [5, 5.41) is 11.4. The van der Waals surface area contributed by atoms with Gasteiger partial charge in [-0.25, -0.2) is 0 Å². The molecule has 0 aliphatic carbocycles. The summed E-state index contributed by atoms with van der Waals surface area (Å²) < 4.78 is 30.1. The van der Waals surface area contributed by atoms with Crippen LogP contribution in [0, 0.1) is 11.8 Å². The molecule has 4 fully saturated rings. The maximum absolute atomic E-state index is 11.7. The van der Waals surface area contributed by atoms with Gasteiger partial charge in [0.25, 0.3) is 8.32 Å². The molecule has 1 N–H and O–H groups in total. The van der Waals surface area contributed by atoms with Crippen LogP contribution in [-0.2, 0) is 33.0 Å². The van der Waals surface area contributed by atoms with Crippen LogP contribution in [0.5, 0.6) is 0 Å². The number of aliphatic hydroxyl groups excluding tert-OH is 1. The second kappa shape index (κ2) is 19.9. The normalized spacial score (nSPS) is 28.3. The van der Waals surface area contributed by atoms with Crippen molar-refractivity contribution < 1.29 is 38.1 Å². The van der Waals surface area contributed by atoms with Crippen molar-refractivity contribution in [3.63, 3.8) is 0 Å². The second-order valence-electron chi connectivity index (χ2n) is 17.3. The Hall–Kier alpha value is -3.08. The molecule has 4 aliphatic rings. The van der Waals surface area contributed by atoms with Gasteiger partial charge in [0.1, 0.15) is 12.2 Å². The minimum absolute atomic E-state index is 0.0138. The summed E-state index contributed by atoms with van der Waals surface area (Å²) in [5.41, 5.74) is 2.31. The van der Waals surface area contributed by atoms with E-state index in [1.165, 1.54) is 15.9 Å². The van der Waals surface area contributed by atoms with Crippen molar-refractivity contribution in [3.8, 4) is 0 Å². The Morgan fingerprint density at radius 2 is 1.11 bits per heavy atom. The maximum atomic E-state index is 11.7. The van der Waals surface area contributed by atoms with E-state index in [0.717, 1.165) is 82.6 Å². The van der Waals surface area contributed by atoms with Gasteiger partial charge in [-0.15, -0.1) is 0 Å². The zero-order chi connectivity index (χ0) is 39.6. The molecule has 0 radical (unpaired) electrons. The van der Waals surface area contributed by atoms with Gasteiger partial charge in [-0.1, -0.05) is 108 Å². The van der Waals surface area contributed by atoms with E-state index in [2.05, 4.69) is 94.6 Å². The first-order chi connectivity index (χ1) is 26.3. The van der Waals surface area contributed by atoms with Gasteiger partial charge in [0.05, 0.1) is 36.3 Å². The zero-order valence-electron chi connectivity index (χ0n) is 34.0. The molecule has 4 heterocycles. The van der Waals surface area contributed by atoms with Gasteiger partial charge in [-0.05, 0) is 104 Å². The summed E-state index contributed by atoms with van der Waals surface area (Å²) in [4.78, 5) is 23.0. The third-order valence-corrected chi connectivity index (χ3v) is 16.8. The van der Waals surface area contributed by atoms with Gasteiger partial charge in [0.2, 0.25) is 0 Å². The first kappa shape index (κ1) is 43.0. The molecule has 4 saturated heterocycles. The van der Waals surface area contributed by atoms with E-state index in [-0.39, 0.29) is 72.0 Å². The summed E-state index contributed by atoms with van der Waals surface area (Å²) in [6.07, 6.45) is 11.1. The monoisotopic (exact) mass is 774 g/mol. The van der Waals surface area contributed by atoms with Crippen LogP contribution in [-0.4, -0.2) is 75.2 Å². The molecule has 2 aromatic carbocycles. The summed E-state index contributed by atoms with van der Waals surface area (Å²) >= 11 is 0. The van der Waals surface area contributed by atoms with E-state index in [0.29, 0.717) is 6.61 Å². The Bertz CT molecular complexity index is 1520. The highest BCUT2D eigenvalue weighted by molar-refractivity contribution is 6.99. The van der Waals surface area contributed by atoms with Crippen molar-refractivity contribution in [2.75, 3.05) is 13.2 Å². The molecule has 0 bridgehead atoms. The van der Waals surface area contributed by atoms with Crippen molar-refractivity contribution in [1.29, 1.82) is 0 Å². The molecule has 55 heavy (non-hydrogen) atoms. The Balaban J connectivity index is 0.000000256. The van der Waals surface area contributed by atoms with Gasteiger partial charge in [-0.3, -0.25) is 9.59 Å². The number of rotatable bonds is 16. The lowest BCUT2D eigenvalue weighted by atomic mass is 9.99. The number of benzene rings is 2. The highest BCUT2D eigenvalue weighted by Crippen LogP contribution is 2.38. The lowest BCUT2D eigenvalue weighted by Crippen LogP contribution is -2.66. The van der Waals surface area contributed by atoms with Gasteiger partial charge in [0.15, 0.2) is 0 Å². The summed E-state index contributed by atoms with van der Waals surface area (Å²) in [6.45, 7) is 20.1. The smallest absolute Gasteiger partial charge is 0.309 e. The van der Waals surface area contributed by atoms with E-state index >= 15 is 0 Å². The number of esters is 2. The van der Waals surface area contributed by atoms with Crippen molar-refractivity contribution in [2.45, 2.75) is 153 Å². The minimum Gasteiger partial charge on any atom is -0.462 e. The van der Waals surface area contributed by atoms with Crippen molar-refractivity contribution in [1.82, 2.24) is 0 Å². The van der Waals surface area contributed by atoms with Crippen molar-refractivity contribution in [2.24, 2.45) is 11.8 Å².